The third-order valence-corrected chi connectivity index (χ3v) is 1.25. The lowest BCUT2D eigenvalue weighted by molar-refractivity contribution is -0.384. The van der Waals surface area contributed by atoms with Crippen molar-refractivity contribution < 1.29 is 4.92 Å². The van der Waals surface area contributed by atoms with E-state index in [-0.39, 0.29) is 5.69 Å². The number of nitrogens with one attached hydrogen (secondary N) is 1. The summed E-state index contributed by atoms with van der Waals surface area (Å²) in [4.78, 5) is 13.2. The predicted molar refractivity (Wildman–Crippen MR) is 42.9 cm³/mol. The molecule has 0 aliphatic rings. The van der Waals surface area contributed by atoms with Crippen molar-refractivity contribution in [3.8, 4) is 0 Å². The number of benzene rings is 1. The van der Waals surface area contributed by atoms with Crippen LogP contribution in [0, 0.1) is 15.5 Å². The summed E-state index contributed by atoms with van der Waals surface area (Å²) in [5, 5.41) is 16.7. The number of nitrogens with zero attached hydrogens (tertiary/aromatic N) is 2. The van der Waals surface area contributed by atoms with Gasteiger partial charge in [-0.1, -0.05) is 0 Å². The van der Waals surface area contributed by atoms with Gasteiger partial charge in [0.2, 0.25) is 0 Å². The minimum Gasteiger partial charge on any atom is -0.258 e. The second kappa shape index (κ2) is 3.41. The van der Waals surface area contributed by atoms with E-state index in [1.807, 2.05) is 6.01 Å². The Morgan fingerprint density at radius 1 is 1.42 bits per heavy atom. The Hall–Kier alpha value is -2.00. The van der Waals surface area contributed by atoms with Crippen molar-refractivity contribution in [2.24, 2.45) is 4.99 Å². The molecule has 0 amide bonds. The predicted octanol–water partition coefficient (Wildman–Crippen LogP) is 1.98. The van der Waals surface area contributed by atoms with Gasteiger partial charge in [-0.05, 0) is 12.1 Å². The molecule has 0 unspecified atom stereocenters. The summed E-state index contributed by atoms with van der Waals surface area (Å²) in [6.07, 6.45) is 0. The van der Waals surface area contributed by atoms with E-state index in [9.17, 15) is 10.1 Å². The van der Waals surface area contributed by atoms with Crippen molar-refractivity contribution in [3.05, 3.63) is 34.4 Å². The molecule has 0 heterocycles. The Bertz CT molecular complexity index is 317. The SMILES string of the molecule is N=C=Nc1ccc([N+](=O)[O-])cc1. The zero-order chi connectivity index (χ0) is 8.97. The number of hydrogen-bond donors (Lipinski definition) is 1. The molecule has 0 spiro atoms. The number of non-ortho nitro benzene ring substituents is 1. The molecule has 5 heteroatoms. The average molecular weight is 163 g/mol. The van der Waals surface area contributed by atoms with Crippen LogP contribution in [-0.2, 0) is 0 Å². The maximum Gasteiger partial charge on any atom is 0.269 e. The quantitative estimate of drug-likeness (QED) is 0.411. The summed E-state index contributed by atoms with van der Waals surface area (Å²) in [5.74, 6) is 0. The Morgan fingerprint density at radius 2 is 2.00 bits per heavy atom. The highest BCUT2D eigenvalue weighted by molar-refractivity contribution is 5.52. The van der Waals surface area contributed by atoms with Gasteiger partial charge in [-0.25, -0.2) is 5.41 Å². The molecular weight excluding hydrogens is 158 g/mol. The van der Waals surface area contributed by atoms with E-state index in [0.717, 1.165) is 0 Å². The highest BCUT2D eigenvalue weighted by Crippen LogP contribution is 2.16. The van der Waals surface area contributed by atoms with Crippen molar-refractivity contribution in [2.75, 3.05) is 0 Å². The monoisotopic (exact) mass is 163 g/mol. The van der Waals surface area contributed by atoms with Crippen LogP contribution in [0.2, 0.25) is 0 Å². The minimum atomic E-state index is -0.488. The largest absolute Gasteiger partial charge is 0.269 e. The number of rotatable bonds is 2. The fourth-order valence-electron chi connectivity index (χ4n) is 0.713. The summed E-state index contributed by atoms with van der Waals surface area (Å²) < 4.78 is 0. The Kier molecular flexibility index (Phi) is 2.30. The second-order valence-electron chi connectivity index (χ2n) is 2.00. The van der Waals surface area contributed by atoms with Crippen LogP contribution < -0.4 is 0 Å². The first-order valence-electron chi connectivity index (χ1n) is 3.11. The number of nitro benzene ring substituents is 1. The fourth-order valence-corrected chi connectivity index (χ4v) is 0.713. The van der Waals surface area contributed by atoms with Gasteiger partial charge in [0, 0.05) is 12.1 Å². The molecule has 0 radical (unpaired) electrons. The van der Waals surface area contributed by atoms with Crippen molar-refractivity contribution in [1.82, 2.24) is 0 Å². The molecule has 0 fully saturated rings. The van der Waals surface area contributed by atoms with Gasteiger partial charge < -0.3 is 0 Å². The molecular formula is C7H5N3O2. The van der Waals surface area contributed by atoms with Crippen LogP contribution in [0.4, 0.5) is 11.4 Å². The molecule has 5 nitrogen and oxygen atoms in total. The molecule has 1 aromatic carbocycles. The van der Waals surface area contributed by atoms with Gasteiger partial charge in [-0.3, -0.25) is 10.1 Å². The number of nitro groups is 1. The Labute approximate surface area is 68.0 Å². The van der Waals surface area contributed by atoms with Gasteiger partial charge in [0.15, 0.2) is 0 Å². The maximum atomic E-state index is 10.2. The van der Waals surface area contributed by atoms with E-state index in [1.54, 1.807) is 0 Å². The lowest BCUT2D eigenvalue weighted by Crippen LogP contribution is -1.85. The van der Waals surface area contributed by atoms with E-state index >= 15 is 0 Å². The molecule has 0 aromatic heterocycles. The molecule has 1 rings (SSSR count). The maximum absolute atomic E-state index is 10.2. The summed E-state index contributed by atoms with van der Waals surface area (Å²) in [6, 6.07) is 7.41. The third kappa shape index (κ3) is 1.74. The smallest absolute Gasteiger partial charge is 0.258 e. The molecule has 0 saturated carbocycles. The van der Waals surface area contributed by atoms with Crippen molar-refractivity contribution in [3.63, 3.8) is 0 Å². The van der Waals surface area contributed by atoms with E-state index in [0.29, 0.717) is 5.69 Å². The molecule has 0 atom stereocenters. The molecule has 0 saturated heterocycles. The van der Waals surface area contributed by atoms with Gasteiger partial charge in [0.05, 0.1) is 16.6 Å². The molecule has 0 bridgehead atoms. The first-order chi connectivity index (χ1) is 5.74. The van der Waals surface area contributed by atoms with Crippen LogP contribution in [0.5, 0.6) is 0 Å². The van der Waals surface area contributed by atoms with Crippen molar-refractivity contribution in [1.29, 1.82) is 5.41 Å². The van der Waals surface area contributed by atoms with E-state index in [2.05, 4.69) is 4.99 Å². The summed E-state index contributed by atoms with van der Waals surface area (Å²) in [5.41, 5.74) is 0.495. The average Bonchev–Trinajstić information content (AvgIpc) is 2.06. The molecule has 12 heavy (non-hydrogen) atoms. The van der Waals surface area contributed by atoms with Crippen LogP contribution >= 0.6 is 0 Å². The summed E-state index contributed by atoms with van der Waals surface area (Å²) >= 11 is 0. The second-order valence-corrected chi connectivity index (χ2v) is 2.00. The highest BCUT2D eigenvalue weighted by atomic mass is 16.6. The molecule has 0 aliphatic carbocycles. The van der Waals surface area contributed by atoms with Crippen LogP contribution in [-0.4, -0.2) is 10.9 Å². The molecule has 0 aliphatic heterocycles. The fraction of sp³-hybridized carbons (Fsp3) is 0. The van der Waals surface area contributed by atoms with Gasteiger partial charge >= 0.3 is 0 Å². The van der Waals surface area contributed by atoms with E-state index in [1.165, 1.54) is 24.3 Å². The number of aliphatic imine (C=N–C) groups is 1. The van der Waals surface area contributed by atoms with Crippen LogP contribution in [0.1, 0.15) is 0 Å². The van der Waals surface area contributed by atoms with Crippen LogP contribution in [0.15, 0.2) is 29.3 Å². The summed E-state index contributed by atoms with van der Waals surface area (Å²) in [7, 11) is 0. The molecule has 1 aromatic rings. The minimum absolute atomic E-state index is 0.0129. The van der Waals surface area contributed by atoms with Gasteiger partial charge in [0.1, 0.15) is 0 Å². The zero-order valence-corrected chi connectivity index (χ0v) is 6.02. The zero-order valence-electron chi connectivity index (χ0n) is 6.02. The lowest BCUT2D eigenvalue weighted by Gasteiger charge is -1.90. The van der Waals surface area contributed by atoms with Gasteiger partial charge in [-0.15, -0.1) is 0 Å². The Balaban J connectivity index is 3.00. The third-order valence-electron chi connectivity index (χ3n) is 1.25. The lowest BCUT2D eigenvalue weighted by atomic mass is 10.3. The van der Waals surface area contributed by atoms with Crippen LogP contribution in [0.3, 0.4) is 0 Å². The number of hydrogen-bond acceptors (Lipinski definition) is 4. The first kappa shape index (κ1) is 8.10. The van der Waals surface area contributed by atoms with Crippen LogP contribution in [0.25, 0.3) is 0 Å². The van der Waals surface area contributed by atoms with Crippen molar-refractivity contribution in [2.45, 2.75) is 0 Å². The first-order valence-corrected chi connectivity index (χ1v) is 3.11. The molecule has 1 N–H and O–H groups in total. The topological polar surface area (TPSA) is 79.3 Å². The molecule has 60 valence electrons. The van der Waals surface area contributed by atoms with Gasteiger partial charge in [-0.2, -0.15) is 4.99 Å². The van der Waals surface area contributed by atoms with Crippen molar-refractivity contribution >= 4 is 17.4 Å². The Morgan fingerprint density at radius 3 is 2.42 bits per heavy atom. The summed E-state index contributed by atoms with van der Waals surface area (Å²) in [6.45, 7) is 0. The normalized spacial score (nSPS) is 8.67. The van der Waals surface area contributed by atoms with Gasteiger partial charge in [0.25, 0.3) is 5.69 Å². The highest BCUT2D eigenvalue weighted by Gasteiger charge is 2.02. The van der Waals surface area contributed by atoms with E-state index in [4.69, 9.17) is 5.41 Å². The standard InChI is InChI=1S/C7H5N3O2/c8-5-9-6-1-3-7(4-2-6)10(11)12/h1-4,8H. The van der Waals surface area contributed by atoms with E-state index < -0.39 is 4.92 Å².